The van der Waals surface area contributed by atoms with Crippen LogP contribution in [-0.4, -0.2) is 48.6 Å². The minimum atomic E-state index is -0.752. The number of carbonyl (C=O) groups excluding carboxylic acids is 1. The molecule has 0 spiro atoms. The second kappa shape index (κ2) is 4.27. The number of nitrogens with zero attached hydrogens (tertiary/aromatic N) is 1. The van der Waals surface area contributed by atoms with E-state index in [1.54, 1.807) is 6.92 Å². The fourth-order valence-corrected chi connectivity index (χ4v) is 1.11. The number of amides is 1. The van der Waals surface area contributed by atoms with E-state index in [2.05, 4.69) is 5.32 Å². The van der Waals surface area contributed by atoms with Crippen LogP contribution in [0.3, 0.4) is 0 Å². The lowest BCUT2D eigenvalue weighted by Gasteiger charge is -2.31. The van der Waals surface area contributed by atoms with Gasteiger partial charge in [0.05, 0.1) is 6.61 Å². The third-order valence-corrected chi connectivity index (χ3v) is 1.72. The SMILES string of the molecule is CCOC(=O)N1CCNCC1O. The molecular formula is C7H14N2O3. The van der Waals surface area contributed by atoms with Crippen LogP contribution < -0.4 is 5.32 Å². The summed E-state index contributed by atoms with van der Waals surface area (Å²) in [4.78, 5) is 12.4. The van der Waals surface area contributed by atoms with Crippen LogP contribution in [-0.2, 0) is 4.74 Å². The van der Waals surface area contributed by atoms with Crippen LogP contribution in [0, 0.1) is 0 Å². The summed E-state index contributed by atoms with van der Waals surface area (Å²) < 4.78 is 4.75. The molecule has 1 amide bonds. The first kappa shape index (κ1) is 9.28. The van der Waals surface area contributed by atoms with E-state index >= 15 is 0 Å². The maximum absolute atomic E-state index is 11.1. The molecule has 1 heterocycles. The summed E-state index contributed by atoms with van der Waals surface area (Å²) in [6.07, 6.45) is -1.19. The van der Waals surface area contributed by atoms with Gasteiger partial charge in [-0.15, -0.1) is 0 Å². The van der Waals surface area contributed by atoms with Crippen molar-refractivity contribution < 1.29 is 14.6 Å². The first-order valence-corrected chi connectivity index (χ1v) is 4.08. The monoisotopic (exact) mass is 174 g/mol. The predicted octanol–water partition coefficient (Wildman–Crippen LogP) is -0.634. The lowest BCUT2D eigenvalue weighted by molar-refractivity contribution is -0.0116. The third-order valence-electron chi connectivity index (χ3n) is 1.72. The first-order valence-electron chi connectivity index (χ1n) is 4.08. The fraction of sp³-hybridized carbons (Fsp3) is 0.857. The van der Waals surface area contributed by atoms with E-state index in [0.717, 1.165) is 0 Å². The largest absolute Gasteiger partial charge is 0.450 e. The molecule has 0 aliphatic carbocycles. The van der Waals surface area contributed by atoms with Crippen LogP contribution in [0.2, 0.25) is 0 Å². The van der Waals surface area contributed by atoms with Crippen LogP contribution in [0.25, 0.3) is 0 Å². The van der Waals surface area contributed by atoms with Crippen molar-refractivity contribution >= 4 is 6.09 Å². The van der Waals surface area contributed by atoms with Gasteiger partial charge >= 0.3 is 6.09 Å². The van der Waals surface area contributed by atoms with Crippen LogP contribution in [0.1, 0.15) is 6.92 Å². The van der Waals surface area contributed by atoms with Gasteiger partial charge in [0.2, 0.25) is 0 Å². The van der Waals surface area contributed by atoms with Crippen molar-refractivity contribution in [3.05, 3.63) is 0 Å². The molecule has 5 nitrogen and oxygen atoms in total. The van der Waals surface area contributed by atoms with E-state index in [4.69, 9.17) is 4.74 Å². The highest BCUT2D eigenvalue weighted by atomic mass is 16.6. The Hall–Kier alpha value is -0.810. The number of nitrogens with one attached hydrogen (secondary N) is 1. The van der Waals surface area contributed by atoms with Crippen LogP contribution in [0.5, 0.6) is 0 Å². The van der Waals surface area contributed by atoms with Crippen LogP contribution >= 0.6 is 0 Å². The Labute approximate surface area is 71.3 Å². The van der Waals surface area contributed by atoms with Gasteiger partial charge in [-0.25, -0.2) is 4.79 Å². The third kappa shape index (κ3) is 2.09. The first-order chi connectivity index (χ1) is 5.75. The summed E-state index contributed by atoms with van der Waals surface area (Å²) in [6, 6.07) is 0. The zero-order valence-corrected chi connectivity index (χ0v) is 7.12. The number of β-amino-alcohol motifs (C(OH)–C–C–N with tert-alkyl or cyclic N) is 1. The number of aliphatic hydroxyl groups excluding tert-OH is 1. The molecule has 1 unspecified atom stereocenters. The highest BCUT2D eigenvalue weighted by molar-refractivity contribution is 5.67. The quantitative estimate of drug-likeness (QED) is 0.555. The van der Waals surface area contributed by atoms with Crippen molar-refractivity contribution in [1.82, 2.24) is 10.2 Å². The smallest absolute Gasteiger partial charge is 0.411 e. The summed E-state index contributed by atoms with van der Waals surface area (Å²) in [7, 11) is 0. The zero-order chi connectivity index (χ0) is 8.97. The molecule has 0 aromatic carbocycles. The molecule has 1 aliphatic heterocycles. The summed E-state index contributed by atoms with van der Waals surface area (Å²) in [6.45, 7) is 3.71. The van der Waals surface area contributed by atoms with E-state index in [-0.39, 0.29) is 0 Å². The van der Waals surface area contributed by atoms with Gasteiger partial charge in [0.25, 0.3) is 0 Å². The molecular weight excluding hydrogens is 160 g/mol. The standard InChI is InChI=1S/C7H14N2O3/c1-2-12-7(11)9-4-3-8-5-6(9)10/h6,8,10H,2-5H2,1H3. The van der Waals surface area contributed by atoms with Crippen molar-refractivity contribution in [2.24, 2.45) is 0 Å². The number of piperazine rings is 1. The average Bonchev–Trinajstić information content (AvgIpc) is 2.05. The molecule has 0 aromatic rings. The highest BCUT2D eigenvalue weighted by Gasteiger charge is 2.24. The molecule has 2 N–H and O–H groups in total. The molecule has 1 fully saturated rings. The number of rotatable bonds is 1. The molecule has 5 heteroatoms. The zero-order valence-electron chi connectivity index (χ0n) is 7.12. The summed E-state index contributed by atoms with van der Waals surface area (Å²) in [5, 5.41) is 12.3. The molecule has 70 valence electrons. The normalized spacial score (nSPS) is 23.8. The molecule has 0 aromatic heterocycles. The van der Waals surface area contributed by atoms with Crippen LogP contribution in [0.15, 0.2) is 0 Å². The Morgan fingerprint density at radius 2 is 2.58 bits per heavy atom. The maximum Gasteiger partial charge on any atom is 0.411 e. The Balaban J connectivity index is 2.42. The van der Waals surface area contributed by atoms with Crippen molar-refractivity contribution in [2.45, 2.75) is 13.2 Å². The maximum atomic E-state index is 11.1. The second-order valence-corrected chi connectivity index (χ2v) is 2.58. The highest BCUT2D eigenvalue weighted by Crippen LogP contribution is 2.02. The summed E-state index contributed by atoms with van der Waals surface area (Å²) in [5.74, 6) is 0. The van der Waals surface area contributed by atoms with E-state index in [9.17, 15) is 9.90 Å². The van der Waals surface area contributed by atoms with Gasteiger partial charge in [0.15, 0.2) is 0 Å². The second-order valence-electron chi connectivity index (χ2n) is 2.58. The number of carbonyl (C=O) groups is 1. The minimum Gasteiger partial charge on any atom is -0.450 e. The Bertz CT molecular complexity index is 163. The van der Waals surface area contributed by atoms with E-state index < -0.39 is 12.3 Å². The van der Waals surface area contributed by atoms with Crippen molar-refractivity contribution in [3.8, 4) is 0 Å². The van der Waals surface area contributed by atoms with E-state index in [1.807, 2.05) is 0 Å². The van der Waals surface area contributed by atoms with Crippen molar-refractivity contribution in [3.63, 3.8) is 0 Å². The number of hydrogen-bond acceptors (Lipinski definition) is 4. The average molecular weight is 174 g/mol. The molecule has 1 aliphatic rings. The fourth-order valence-electron chi connectivity index (χ4n) is 1.11. The summed E-state index contributed by atoms with van der Waals surface area (Å²) >= 11 is 0. The molecule has 1 saturated heterocycles. The molecule has 0 bridgehead atoms. The van der Waals surface area contributed by atoms with Gasteiger partial charge in [-0.3, -0.25) is 4.90 Å². The van der Waals surface area contributed by atoms with Gasteiger partial charge in [-0.05, 0) is 6.92 Å². The number of hydrogen-bond donors (Lipinski definition) is 2. The number of aliphatic hydroxyl groups is 1. The molecule has 1 rings (SSSR count). The predicted molar refractivity (Wildman–Crippen MR) is 42.6 cm³/mol. The van der Waals surface area contributed by atoms with Crippen LogP contribution in [0.4, 0.5) is 4.79 Å². The molecule has 1 atom stereocenters. The van der Waals surface area contributed by atoms with Gasteiger partial charge in [0.1, 0.15) is 6.23 Å². The Kier molecular flexibility index (Phi) is 3.31. The Morgan fingerprint density at radius 3 is 3.17 bits per heavy atom. The topological polar surface area (TPSA) is 61.8 Å². The van der Waals surface area contributed by atoms with E-state index in [1.165, 1.54) is 4.90 Å². The summed E-state index contributed by atoms with van der Waals surface area (Å²) in [5.41, 5.74) is 0. The lowest BCUT2D eigenvalue weighted by atomic mass is 10.3. The van der Waals surface area contributed by atoms with Crippen molar-refractivity contribution in [1.29, 1.82) is 0 Å². The molecule has 0 radical (unpaired) electrons. The van der Waals surface area contributed by atoms with Crippen molar-refractivity contribution in [2.75, 3.05) is 26.2 Å². The molecule has 12 heavy (non-hydrogen) atoms. The van der Waals surface area contributed by atoms with Gasteiger partial charge < -0.3 is 15.2 Å². The van der Waals surface area contributed by atoms with Gasteiger partial charge in [0, 0.05) is 19.6 Å². The van der Waals surface area contributed by atoms with E-state index in [0.29, 0.717) is 26.2 Å². The number of ether oxygens (including phenoxy) is 1. The Morgan fingerprint density at radius 1 is 1.83 bits per heavy atom. The minimum absolute atomic E-state index is 0.343. The molecule has 0 saturated carbocycles. The van der Waals surface area contributed by atoms with Gasteiger partial charge in [-0.1, -0.05) is 0 Å². The van der Waals surface area contributed by atoms with Gasteiger partial charge in [-0.2, -0.15) is 0 Å². The lowest BCUT2D eigenvalue weighted by Crippen LogP contribution is -2.53.